The van der Waals surface area contributed by atoms with Crippen molar-refractivity contribution in [1.29, 1.82) is 0 Å². The maximum Gasteiger partial charge on any atom is 0.193 e. The molecule has 1 rings (SSSR count). The van der Waals surface area contributed by atoms with E-state index in [-0.39, 0.29) is 0 Å². The lowest BCUT2D eigenvalue weighted by Crippen LogP contribution is -2.22. The molecule has 0 aromatic heterocycles. The summed E-state index contributed by atoms with van der Waals surface area (Å²) < 4.78 is 5.06. The molecule has 0 unspecified atom stereocenters. The Bertz CT molecular complexity index is 333. The summed E-state index contributed by atoms with van der Waals surface area (Å²) in [6.45, 7) is 2.90. The Hall–Kier alpha value is -1.71. The van der Waals surface area contributed by atoms with Crippen LogP contribution in [0, 0.1) is 0 Å². The van der Waals surface area contributed by atoms with E-state index in [2.05, 4.69) is 17.2 Å². The number of hydrogen-bond donors (Lipinski definition) is 2. The van der Waals surface area contributed by atoms with Gasteiger partial charge in [-0.3, -0.25) is 4.99 Å². The zero-order valence-electron chi connectivity index (χ0n) is 9.86. The van der Waals surface area contributed by atoms with Gasteiger partial charge in [0.05, 0.1) is 7.11 Å². The van der Waals surface area contributed by atoms with Crippen LogP contribution in [0.4, 0.5) is 5.69 Å². The molecule has 88 valence electrons. The number of unbranched alkanes of at least 4 members (excludes halogenated alkanes) is 1. The maximum atomic E-state index is 5.72. The predicted molar refractivity (Wildman–Crippen MR) is 68.0 cm³/mol. The van der Waals surface area contributed by atoms with Crippen molar-refractivity contribution in [1.82, 2.24) is 0 Å². The van der Waals surface area contributed by atoms with Gasteiger partial charge in [-0.1, -0.05) is 13.3 Å². The molecule has 0 fully saturated rings. The molecular formula is C12H19N3O. The number of benzene rings is 1. The first kappa shape index (κ1) is 12.4. The summed E-state index contributed by atoms with van der Waals surface area (Å²) in [6, 6.07) is 7.56. The second-order valence-electron chi connectivity index (χ2n) is 3.47. The number of guanidine groups is 1. The highest BCUT2D eigenvalue weighted by molar-refractivity contribution is 5.92. The van der Waals surface area contributed by atoms with Crippen molar-refractivity contribution in [2.45, 2.75) is 19.8 Å². The SMILES string of the molecule is CCCCN=C(N)Nc1ccc(OC)cc1. The van der Waals surface area contributed by atoms with E-state index in [0.717, 1.165) is 30.8 Å². The minimum atomic E-state index is 0.457. The standard InChI is InChI=1S/C12H19N3O/c1-3-4-9-14-12(13)15-10-5-7-11(16-2)8-6-10/h5-8H,3-4,9H2,1-2H3,(H3,13,14,15). The van der Waals surface area contributed by atoms with E-state index >= 15 is 0 Å². The molecule has 0 aliphatic rings. The highest BCUT2D eigenvalue weighted by atomic mass is 16.5. The fraction of sp³-hybridized carbons (Fsp3) is 0.417. The molecule has 4 nitrogen and oxygen atoms in total. The average Bonchev–Trinajstić information content (AvgIpc) is 2.30. The highest BCUT2D eigenvalue weighted by Crippen LogP contribution is 2.14. The number of aliphatic imine (C=N–C) groups is 1. The molecule has 0 amide bonds. The van der Waals surface area contributed by atoms with Crippen molar-refractivity contribution in [3.05, 3.63) is 24.3 Å². The molecule has 0 spiro atoms. The molecule has 0 aliphatic carbocycles. The van der Waals surface area contributed by atoms with Crippen LogP contribution in [-0.4, -0.2) is 19.6 Å². The second kappa shape index (κ2) is 6.71. The van der Waals surface area contributed by atoms with Crippen molar-refractivity contribution in [2.75, 3.05) is 19.0 Å². The minimum Gasteiger partial charge on any atom is -0.497 e. The number of rotatable bonds is 5. The molecule has 0 radical (unpaired) electrons. The third-order valence-corrected chi connectivity index (χ3v) is 2.16. The van der Waals surface area contributed by atoms with E-state index < -0.39 is 0 Å². The van der Waals surface area contributed by atoms with Gasteiger partial charge in [0.1, 0.15) is 5.75 Å². The number of nitrogens with zero attached hydrogens (tertiary/aromatic N) is 1. The Morgan fingerprint density at radius 2 is 2.06 bits per heavy atom. The topological polar surface area (TPSA) is 59.6 Å². The zero-order valence-corrected chi connectivity index (χ0v) is 9.86. The quantitative estimate of drug-likeness (QED) is 0.455. The first-order valence-corrected chi connectivity index (χ1v) is 5.47. The lowest BCUT2D eigenvalue weighted by atomic mass is 10.3. The first-order valence-electron chi connectivity index (χ1n) is 5.47. The van der Waals surface area contributed by atoms with Crippen LogP contribution in [0.25, 0.3) is 0 Å². The molecule has 4 heteroatoms. The molecule has 0 bridgehead atoms. The van der Waals surface area contributed by atoms with Crippen LogP contribution in [0.1, 0.15) is 19.8 Å². The van der Waals surface area contributed by atoms with Gasteiger partial charge in [-0.2, -0.15) is 0 Å². The molecule has 0 heterocycles. The van der Waals surface area contributed by atoms with Crippen molar-refractivity contribution in [2.24, 2.45) is 10.7 Å². The summed E-state index contributed by atoms with van der Waals surface area (Å²) in [6.07, 6.45) is 2.18. The number of hydrogen-bond acceptors (Lipinski definition) is 2. The summed E-state index contributed by atoms with van der Waals surface area (Å²) in [5.74, 6) is 1.28. The monoisotopic (exact) mass is 221 g/mol. The number of methoxy groups -OCH3 is 1. The molecule has 0 saturated carbocycles. The summed E-state index contributed by atoms with van der Waals surface area (Å²) >= 11 is 0. The van der Waals surface area contributed by atoms with E-state index in [9.17, 15) is 0 Å². The van der Waals surface area contributed by atoms with E-state index in [4.69, 9.17) is 10.5 Å². The predicted octanol–water partition coefficient (Wildman–Crippen LogP) is 2.22. The van der Waals surface area contributed by atoms with E-state index in [1.807, 2.05) is 24.3 Å². The number of nitrogens with one attached hydrogen (secondary N) is 1. The molecule has 1 aromatic rings. The van der Waals surface area contributed by atoms with E-state index in [0.29, 0.717) is 5.96 Å². The molecule has 3 N–H and O–H groups in total. The van der Waals surface area contributed by atoms with Crippen LogP contribution >= 0.6 is 0 Å². The van der Waals surface area contributed by atoms with Crippen LogP contribution in [0.15, 0.2) is 29.3 Å². The van der Waals surface area contributed by atoms with Crippen molar-refractivity contribution in [3.63, 3.8) is 0 Å². The van der Waals surface area contributed by atoms with Crippen molar-refractivity contribution < 1.29 is 4.74 Å². The Labute approximate surface area is 96.5 Å². The Morgan fingerprint density at radius 3 is 2.62 bits per heavy atom. The molecular weight excluding hydrogens is 202 g/mol. The van der Waals surface area contributed by atoms with E-state index in [1.165, 1.54) is 0 Å². The van der Waals surface area contributed by atoms with Gasteiger partial charge in [0.15, 0.2) is 5.96 Å². The number of anilines is 1. The lowest BCUT2D eigenvalue weighted by molar-refractivity contribution is 0.415. The van der Waals surface area contributed by atoms with Crippen LogP contribution < -0.4 is 15.8 Å². The highest BCUT2D eigenvalue weighted by Gasteiger charge is 1.95. The third-order valence-electron chi connectivity index (χ3n) is 2.16. The van der Waals surface area contributed by atoms with Gasteiger partial charge in [0, 0.05) is 12.2 Å². The van der Waals surface area contributed by atoms with Crippen LogP contribution in [0.3, 0.4) is 0 Å². The normalized spacial score (nSPS) is 11.2. The number of nitrogens with two attached hydrogens (primary N) is 1. The van der Waals surface area contributed by atoms with Gasteiger partial charge in [-0.15, -0.1) is 0 Å². The van der Waals surface area contributed by atoms with Gasteiger partial charge in [-0.25, -0.2) is 0 Å². The molecule has 0 aliphatic heterocycles. The van der Waals surface area contributed by atoms with E-state index in [1.54, 1.807) is 7.11 Å². The fourth-order valence-electron chi connectivity index (χ4n) is 1.22. The Balaban J connectivity index is 2.49. The largest absolute Gasteiger partial charge is 0.497 e. The van der Waals surface area contributed by atoms with Crippen LogP contribution in [0.2, 0.25) is 0 Å². The smallest absolute Gasteiger partial charge is 0.193 e. The Kier molecular flexibility index (Phi) is 5.19. The summed E-state index contributed by atoms with van der Waals surface area (Å²) in [5.41, 5.74) is 6.64. The second-order valence-corrected chi connectivity index (χ2v) is 3.47. The van der Waals surface area contributed by atoms with Gasteiger partial charge in [-0.05, 0) is 30.7 Å². The molecule has 1 aromatic carbocycles. The lowest BCUT2D eigenvalue weighted by Gasteiger charge is -2.06. The van der Waals surface area contributed by atoms with Crippen molar-refractivity contribution in [3.8, 4) is 5.75 Å². The molecule has 0 atom stereocenters. The van der Waals surface area contributed by atoms with Crippen LogP contribution in [-0.2, 0) is 0 Å². The molecule has 0 saturated heterocycles. The fourth-order valence-corrected chi connectivity index (χ4v) is 1.22. The third kappa shape index (κ3) is 4.21. The van der Waals surface area contributed by atoms with Crippen molar-refractivity contribution >= 4 is 11.6 Å². The zero-order chi connectivity index (χ0) is 11.8. The minimum absolute atomic E-state index is 0.457. The van der Waals surface area contributed by atoms with Gasteiger partial charge in [0.25, 0.3) is 0 Å². The summed E-state index contributed by atoms with van der Waals surface area (Å²) in [5, 5.41) is 3.02. The summed E-state index contributed by atoms with van der Waals surface area (Å²) in [7, 11) is 1.64. The van der Waals surface area contributed by atoms with Crippen LogP contribution in [0.5, 0.6) is 5.75 Å². The molecule has 16 heavy (non-hydrogen) atoms. The summed E-state index contributed by atoms with van der Waals surface area (Å²) in [4.78, 5) is 4.20. The average molecular weight is 221 g/mol. The number of ether oxygens (including phenoxy) is 1. The van der Waals surface area contributed by atoms with Gasteiger partial charge in [0.2, 0.25) is 0 Å². The Morgan fingerprint density at radius 1 is 1.38 bits per heavy atom. The maximum absolute atomic E-state index is 5.72. The van der Waals surface area contributed by atoms with Gasteiger partial charge >= 0.3 is 0 Å². The van der Waals surface area contributed by atoms with Gasteiger partial charge < -0.3 is 15.8 Å². The first-order chi connectivity index (χ1) is 7.76.